The Morgan fingerprint density at radius 1 is 1.16 bits per heavy atom. The van der Waals surface area contributed by atoms with E-state index in [0.29, 0.717) is 17.7 Å². The highest BCUT2D eigenvalue weighted by molar-refractivity contribution is 6.03. The first kappa shape index (κ1) is 11.0. The second-order valence-corrected chi connectivity index (χ2v) is 5.69. The van der Waals surface area contributed by atoms with E-state index in [-0.39, 0.29) is 17.9 Å². The Hall–Kier alpha value is -1.90. The summed E-state index contributed by atoms with van der Waals surface area (Å²) in [4.78, 5) is 16.9. The van der Waals surface area contributed by atoms with Gasteiger partial charge < -0.3 is 4.74 Å². The predicted molar refractivity (Wildman–Crippen MR) is 71.8 cm³/mol. The highest BCUT2D eigenvalue weighted by Crippen LogP contribution is 2.47. The van der Waals surface area contributed by atoms with Gasteiger partial charge in [0.25, 0.3) is 0 Å². The quantitative estimate of drug-likeness (QED) is 0.569. The summed E-state index contributed by atoms with van der Waals surface area (Å²) in [5.74, 6) is 1.10. The molecular formula is C16H15NO2. The van der Waals surface area contributed by atoms with E-state index in [0.717, 1.165) is 12.0 Å². The highest BCUT2D eigenvalue weighted by atomic mass is 16.5. The summed E-state index contributed by atoms with van der Waals surface area (Å²) in [7, 11) is 0. The SMILES string of the molecule is Cc1ccc(C2=NC3C4C=CC(C4)C3C(=O)O2)cc1. The Balaban J connectivity index is 1.73. The molecule has 3 aliphatic rings. The third-order valence-electron chi connectivity index (χ3n) is 4.45. The number of allylic oxidation sites excluding steroid dienone is 1. The second-order valence-electron chi connectivity index (χ2n) is 5.69. The maximum atomic E-state index is 12.2. The summed E-state index contributed by atoms with van der Waals surface area (Å²) in [6.45, 7) is 2.04. The van der Waals surface area contributed by atoms with Crippen LogP contribution in [0.5, 0.6) is 0 Å². The van der Waals surface area contributed by atoms with E-state index in [1.807, 2.05) is 31.2 Å². The van der Waals surface area contributed by atoms with E-state index in [1.54, 1.807) is 0 Å². The second kappa shape index (κ2) is 3.80. The molecule has 2 bridgehead atoms. The van der Waals surface area contributed by atoms with Crippen LogP contribution in [0.1, 0.15) is 17.5 Å². The van der Waals surface area contributed by atoms with Crippen molar-refractivity contribution < 1.29 is 9.53 Å². The minimum Gasteiger partial charge on any atom is -0.407 e. The standard InChI is InChI=1S/C16H15NO2/c1-9-2-4-10(5-3-9)15-17-14-12-7-6-11(8-12)13(14)16(18)19-15/h2-7,11-14H,8H2,1H3. The van der Waals surface area contributed by atoms with E-state index in [2.05, 4.69) is 12.2 Å². The Kier molecular flexibility index (Phi) is 2.19. The highest BCUT2D eigenvalue weighted by Gasteiger charge is 2.51. The molecule has 3 nitrogen and oxygen atoms in total. The van der Waals surface area contributed by atoms with E-state index in [1.165, 1.54) is 5.56 Å². The van der Waals surface area contributed by atoms with E-state index < -0.39 is 0 Å². The summed E-state index contributed by atoms with van der Waals surface area (Å²) in [5.41, 5.74) is 2.08. The van der Waals surface area contributed by atoms with Crippen LogP contribution in [-0.4, -0.2) is 17.9 Å². The van der Waals surface area contributed by atoms with Crippen LogP contribution in [0.15, 0.2) is 41.4 Å². The van der Waals surface area contributed by atoms with Crippen molar-refractivity contribution in [3.05, 3.63) is 47.5 Å². The van der Waals surface area contributed by atoms with Gasteiger partial charge in [-0.1, -0.05) is 29.8 Å². The van der Waals surface area contributed by atoms with Gasteiger partial charge in [0, 0.05) is 11.5 Å². The molecule has 1 heterocycles. The molecule has 4 unspecified atom stereocenters. The Morgan fingerprint density at radius 2 is 1.89 bits per heavy atom. The Morgan fingerprint density at radius 3 is 2.68 bits per heavy atom. The first-order valence-electron chi connectivity index (χ1n) is 6.77. The number of esters is 1. The number of rotatable bonds is 1. The van der Waals surface area contributed by atoms with E-state index in [4.69, 9.17) is 9.73 Å². The maximum absolute atomic E-state index is 12.2. The molecule has 96 valence electrons. The van der Waals surface area contributed by atoms with Crippen LogP contribution in [-0.2, 0) is 9.53 Å². The van der Waals surface area contributed by atoms with Crippen molar-refractivity contribution in [2.45, 2.75) is 19.4 Å². The zero-order valence-electron chi connectivity index (χ0n) is 10.7. The lowest BCUT2D eigenvalue weighted by molar-refractivity contribution is -0.142. The van der Waals surface area contributed by atoms with Gasteiger partial charge in [0.2, 0.25) is 5.90 Å². The van der Waals surface area contributed by atoms with Crippen LogP contribution in [0.2, 0.25) is 0 Å². The molecule has 19 heavy (non-hydrogen) atoms. The molecule has 1 aromatic rings. The number of carbonyl (C=O) groups is 1. The molecule has 3 heteroatoms. The number of aryl methyl sites for hydroxylation is 1. The number of ether oxygens (including phenoxy) is 1. The third kappa shape index (κ3) is 1.57. The molecular weight excluding hydrogens is 238 g/mol. The Labute approximate surface area is 112 Å². The monoisotopic (exact) mass is 253 g/mol. The number of fused-ring (bicyclic) bond motifs is 5. The fourth-order valence-electron chi connectivity index (χ4n) is 3.44. The maximum Gasteiger partial charge on any atom is 0.318 e. The topological polar surface area (TPSA) is 38.7 Å². The van der Waals surface area contributed by atoms with Gasteiger partial charge in [-0.2, -0.15) is 0 Å². The van der Waals surface area contributed by atoms with Crippen LogP contribution >= 0.6 is 0 Å². The van der Waals surface area contributed by atoms with Crippen LogP contribution in [0.25, 0.3) is 0 Å². The first-order chi connectivity index (χ1) is 9.22. The van der Waals surface area contributed by atoms with Crippen LogP contribution < -0.4 is 0 Å². The molecule has 0 aromatic heterocycles. The van der Waals surface area contributed by atoms with Gasteiger partial charge in [-0.3, -0.25) is 4.79 Å². The molecule has 1 fully saturated rings. The molecule has 0 amide bonds. The van der Waals surface area contributed by atoms with Crippen molar-refractivity contribution >= 4 is 11.9 Å². The smallest absolute Gasteiger partial charge is 0.318 e. The Bertz CT molecular complexity index is 600. The van der Waals surface area contributed by atoms with Crippen molar-refractivity contribution in [3.8, 4) is 0 Å². The first-order valence-corrected chi connectivity index (χ1v) is 6.77. The molecule has 0 radical (unpaired) electrons. The largest absolute Gasteiger partial charge is 0.407 e. The lowest BCUT2D eigenvalue weighted by Crippen LogP contribution is -2.38. The molecule has 1 saturated carbocycles. The van der Waals surface area contributed by atoms with Crippen molar-refractivity contribution in [2.75, 3.05) is 0 Å². The molecule has 1 aromatic carbocycles. The number of nitrogens with zero attached hydrogens (tertiary/aromatic N) is 1. The van der Waals surface area contributed by atoms with E-state index >= 15 is 0 Å². The fraction of sp³-hybridized carbons (Fsp3) is 0.375. The van der Waals surface area contributed by atoms with Gasteiger partial charge in [-0.15, -0.1) is 0 Å². The van der Waals surface area contributed by atoms with E-state index in [9.17, 15) is 4.79 Å². The number of carbonyl (C=O) groups excluding carboxylic acids is 1. The lowest BCUT2D eigenvalue weighted by Gasteiger charge is -2.28. The number of hydrogen-bond acceptors (Lipinski definition) is 3. The molecule has 0 spiro atoms. The average molecular weight is 253 g/mol. The molecule has 0 N–H and O–H groups in total. The van der Waals surface area contributed by atoms with Gasteiger partial charge >= 0.3 is 5.97 Å². The molecule has 4 atom stereocenters. The van der Waals surface area contributed by atoms with Crippen molar-refractivity contribution in [3.63, 3.8) is 0 Å². The third-order valence-corrected chi connectivity index (χ3v) is 4.45. The summed E-state index contributed by atoms with van der Waals surface area (Å²) < 4.78 is 5.46. The fourth-order valence-corrected chi connectivity index (χ4v) is 3.44. The predicted octanol–water partition coefficient (Wildman–Crippen LogP) is 2.49. The van der Waals surface area contributed by atoms with Crippen molar-refractivity contribution in [1.29, 1.82) is 0 Å². The summed E-state index contributed by atoms with van der Waals surface area (Å²) >= 11 is 0. The van der Waals surface area contributed by atoms with Gasteiger partial charge in [-0.25, -0.2) is 4.99 Å². The van der Waals surface area contributed by atoms with Crippen LogP contribution in [0.4, 0.5) is 0 Å². The van der Waals surface area contributed by atoms with Crippen molar-refractivity contribution in [2.24, 2.45) is 22.7 Å². The van der Waals surface area contributed by atoms with Gasteiger partial charge in [-0.05, 0) is 31.4 Å². The summed E-state index contributed by atoms with van der Waals surface area (Å²) in [6, 6.07) is 8.04. The molecule has 1 aliphatic heterocycles. The average Bonchev–Trinajstić information content (AvgIpc) is 3.00. The summed E-state index contributed by atoms with van der Waals surface area (Å²) in [5, 5.41) is 0. The van der Waals surface area contributed by atoms with Gasteiger partial charge in [0.15, 0.2) is 0 Å². The number of cyclic esters (lactones) is 1. The van der Waals surface area contributed by atoms with Crippen LogP contribution in [0.3, 0.4) is 0 Å². The zero-order valence-corrected chi connectivity index (χ0v) is 10.7. The van der Waals surface area contributed by atoms with Crippen LogP contribution in [0, 0.1) is 24.7 Å². The zero-order chi connectivity index (χ0) is 13.0. The van der Waals surface area contributed by atoms with Gasteiger partial charge in [0.1, 0.15) is 0 Å². The number of hydrogen-bond donors (Lipinski definition) is 0. The molecule has 2 aliphatic carbocycles. The minimum atomic E-state index is -0.104. The normalized spacial score (nSPS) is 35.0. The number of aliphatic imine (C=N–C) groups is 1. The minimum absolute atomic E-state index is 0.0517. The summed E-state index contributed by atoms with van der Waals surface area (Å²) in [6.07, 6.45) is 5.41. The van der Waals surface area contributed by atoms with Gasteiger partial charge in [0.05, 0.1) is 12.0 Å². The molecule has 0 saturated heterocycles. The molecule has 4 rings (SSSR count). The van der Waals surface area contributed by atoms with Crippen molar-refractivity contribution in [1.82, 2.24) is 0 Å². The number of benzene rings is 1. The lowest BCUT2D eigenvalue weighted by atomic mass is 9.88.